The molecule has 35 heavy (non-hydrogen) atoms. The maximum absolute atomic E-state index is 13.1. The van der Waals surface area contributed by atoms with Crippen LogP contribution in [-0.4, -0.2) is 54.2 Å². The molecule has 1 N–H and O–H groups in total. The zero-order valence-corrected chi connectivity index (χ0v) is 21.5. The van der Waals surface area contributed by atoms with Crippen molar-refractivity contribution in [1.29, 1.82) is 0 Å². The number of ether oxygens (including phenoxy) is 1. The molecule has 0 aliphatic carbocycles. The van der Waals surface area contributed by atoms with Gasteiger partial charge in [0.2, 0.25) is 5.95 Å². The van der Waals surface area contributed by atoms with Crippen molar-refractivity contribution >= 4 is 52.4 Å². The van der Waals surface area contributed by atoms with Crippen molar-refractivity contribution in [3.05, 3.63) is 64.3 Å². The third-order valence-corrected chi connectivity index (χ3v) is 6.43. The molecule has 3 aromatic rings. The Balaban J connectivity index is 1.43. The number of rotatable bonds is 9. The highest BCUT2D eigenvalue weighted by molar-refractivity contribution is 6.37. The Bertz CT molecular complexity index is 1190. The zero-order valence-electron chi connectivity index (χ0n) is 20.0. The quantitative estimate of drug-likeness (QED) is 0.387. The average molecular weight is 515 g/mol. The van der Waals surface area contributed by atoms with Crippen molar-refractivity contribution in [3.63, 3.8) is 0 Å². The molecule has 0 radical (unpaired) electrons. The number of hydrogen-bond donors (Lipinski definition) is 1. The lowest BCUT2D eigenvalue weighted by Gasteiger charge is -2.34. The number of likely N-dealkylation sites (N-methyl/N-ethyl adjacent to an activating group) is 1. The molecule has 1 aliphatic heterocycles. The van der Waals surface area contributed by atoms with Crippen molar-refractivity contribution in [3.8, 4) is 5.75 Å². The van der Waals surface area contributed by atoms with Crippen LogP contribution in [0.15, 0.2) is 48.7 Å². The minimum absolute atomic E-state index is 0.238. The fourth-order valence-electron chi connectivity index (χ4n) is 3.85. The molecule has 0 saturated carbocycles. The second kappa shape index (κ2) is 11.1. The van der Waals surface area contributed by atoms with Gasteiger partial charge in [-0.15, -0.1) is 0 Å². The molecule has 0 bridgehead atoms. The summed E-state index contributed by atoms with van der Waals surface area (Å²) in [4.78, 5) is 27.5. The van der Waals surface area contributed by atoms with Crippen LogP contribution in [0.2, 0.25) is 10.0 Å². The Morgan fingerprint density at radius 3 is 2.54 bits per heavy atom. The lowest BCUT2D eigenvalue weighted by molar-refractivity contribution is 0.223. The molecule has 0 saturated heterocycles. The highest BCUT2D eigenvalue weighted by Crippen LogP contribution is 2.35. The summed E-state index contributed by atoms with van der Waals surface area (Å²) < 4.78 is 5.84. The number of amides is 2. The number of aromatic nitrogens is 2. The summed E-state index contributed by atoms with van der Waals surface area (Å²) in [5.41, 5.74) is 2.21. The van der Waals surface area contributed by atoms with E-state index < -0.39 is 0 Å². The molecular formula is C25H28Cl2N6O2. The Morgan fingerprint density at radius 1 is 1.11 bits per heavy atom. The molecule has 8 nitrogen and oxygen atoms in total. The van der Waals surface area contributed by atoms with Gasteiger partial charge in [-0.05, 0) is 55.6 Å². The molecule has 10 heteroatoms. The Labute approximate surface area is 215 Å². The Kier molecular flexibility index (Phi) is 7.95. The van der Waals surface area contributed by atoms with Gasteiger partial charge in [0.15, 0.2) is 0 Å². The van der Waals surface area contributed by atoms with Gasteiger partial charge in [0.25, 0.3) is 0 Å². The summed E-state index contributed by atoms with van der Waals surface area (Å²) in [6.07, 6.45) is 1.72. The number of carbonyl (C=O) groups excluding carboxylic acids is 1. The lowest BCUT2D eigenvalue weighted by atomic mass is 10.2. The number of hydrogen-bond acceptors (Lipinski definition) is 6. The van der Waals surface area contributed by atoms with Crippen molar-refractivity contribution < 1.29 is 9.53 Å². The van der Waals surface area contributed by atoms with Crippen LogP contribution in [0, 0.1) is 0 Å². The van der Waals surface area contributed by atoms with E-state index in [0.717, 1.165) is 36.6 Å². The summed E-state index contributed by atoms with van der Waals surface area (Å²) in [6, 6.07) is 12.5. The molecule has 4 rings (SSSR count). The second-order valence-electron chi connectivity index (χ2n) is 8.09. The van der Waals surface area contributed by atoms with E-state index in [-0.39, 0.29) is 6.03 Å². The summed E-state index contributed by atoms with van der Waals surface area (Å²) in [5.74, 6) is 1.75. The highest BCUT2D eigenvalue weighted by atomic mass is 35.5. The maximum atomic E-state index is 13.1. The number of nitrogens with zero attached hydrogens (tertiary/aromatic N) is 5. The minimum Gasteiger partial charge on any atom is -0.492 e. The predicted octanol–water partition coefficient (Wildman–Crippen LogP) is 5.82. The SMILES string of the molecule is CCN(CC)CCOc1ccc(Nc2ncc3c(n2)N(C)C(=O)N(c2ccc(Cl)cc2Cl)C3)cc1. The summed E-state index contributed by atoms with van der Waals surface area (Å²) in [5, 5.41) is 4.11. The van der Waals surface area contributed by atoms with Crippen LogP contribution in [-0.2, 0) is 6.54 Å². The number of benzene rings is 2. The van der Waals surface area contributed by atoms with Gasteiger partial charge in [-0.25, -0.2) is 9.78 Å². The van der Waals surface area contributed by atoms with Crippen molar-refractivity contribution in [2.45, 2.75) is 20.4 Å². The molecule has 2 heterocycles. The van der Waals surface area contributed by atoms with E-state index in [1.807, 2.05) is 24.3 Å². The van der Waals surface area contributed by atoms with E-state index in [0.29, 0.717) is 40.7 Å². The minimum atomic E-state index is -0.238. The second-order valence-corrected chi connectivity index (χ2v) is 8.93. The molecule has 2 amide bonds. The third-order valence-electron chi connectivity index (χ3n) is 5.89. The van der Waals surface area contributed by atoms with Crippen LogP contribution in [0.4, 0.5) is 27.9 Å². The Morgan fingerprint density at radius 2 is 1.86 bits per heavy atom. The van der Waals surface area contributed by atoms with E-state index in [1.165, 1.54) is 4.90 Å². The largest absolute Gasteiger partial charge is 0.492 e. The van der Waals surface area contributed by atoms with E-state index >= 15 is 0 Å². The molecule has 0 unspecified atom stereocenters. The van der Waals surface area contributed by atoms with Gasteiger partial charge in [-0.2, -0.15) is 4.98 Å². The van der Waals surface area contributed by atoms with E-state index in [2.05, 4.69) is 34.0 Å². The number of halogens is 2. The Hall–Kier alpha value is -3.07. The van der Waals surface area contributed by atoms with E-state index in [9.17, 15) is 4.79 Å². The zero-order chi connectivity index (χ0) is 24.9. The van der Waals surface area contributed by atoms with Gasteiger partial charge in [0.05, 0.1) is 17.3 Å². The normalized spacial score (nSPS) is 13.3. The first-order valence-electron chi connectivity index (χ1n) is 11.5. The van der Waals surface area contributed by atoms with Gasteiger partial charge in [0.1, 0.15) is 18.2 Å². The molecule has 1 aliphatic rings. The fourth-order valence-corrected chi connectivity index (χ4v) is 4.36. The molecular weight excluding hydrogens is 487 g/mol. The first kappa shape index (κ1) is 25.0. The predicted molar refractivity (Wildman–Crippen MR) is 141 cm³/mol. The summed E-state index contributed by atoms with van der Waals surface area (Å²) in [7, 11) is 1.68. The van der Waals surface area contributed by atoms with Gasteiger partial charge < -0.3 is 15.0 Å². The van der Waals surface area contributed by atoms with E-state index in [1.54, 1.807) is 36.3 Å². The standard InChI is InChI=1S/C25H28Cl2N6O2/c1-4-32(5-2)12-13-35-20-9-7-19(8-10-20)29-24-28-15-17-16-33(25(34)31(3)23(17)30-24)22-11-6-18(26)14-21(22)27/h6-11,14-15H,4-5,12-13,16H2,1-3H3,(H,28,29,30). The highest BCUT2D eigenvalue weighted by Gasteiger charge is 2.31. The van der Waals surface area contributed by atoms with Crippen LogP contribution >= 0.6 is 23.2 Å². The molecule has 0 spiro atoms. The molecule has 2 aromatic carbocycles. The molecule has 0 atom stereocenters. The van der Waals surface area contributed by atoms with Gasteiger partial charge in [-0.1, -0.05) is 37.0 Å². The summed E-state index contributed by atoms with van der Waals surface area (Å²) >= 11 is 12.3. The number of nitrogens with one attached hydrogen (secondary N) is 1. The van der Waals surface area contributed by atoms with E-state index in [4.69, 9.17) is 27.9 Å². The maximum Gasteiger partial charge on any atom is 0.330 e. The number of carbonyl (C=O) groups is 1. The monoisotopic (exact) mass is 514 g/mol. The smallest absolute Gasteiger partial charge is 0.330 e. The van der Waals surface area contributed by atoms with Crippen molar-refractivity contribution in [1.82, 2.24) is 14.9 Å². The lowest BCUT2D eigenvalue weighted by Crippen LogP contribution is -2.46. The topological polar surface area (TPSA) is 73.8 Å². The fraction of sp³-hybridized carbons (Fsp3) is 0.320. The molecule has 0 fully saturated rings. The number of fused-ring (bicyclic) bond motifs is 1. The van der Waals surface area contributed by atoms with Crippen LogP contribution in [0.3, 0.4) is 0 Å². The number of anilines is 4. The van der Waals surface area contributed by atoms with Gasteiger partial charge >= 0.3 is 6.03 Å². The average Bonchev–Trinajstić information content (AvgIpc) is 2.86. The number of urea groups is 1. The van der Waals surface area contributed by atoms with Crippen LogP contribution < -0.4 is 19.9 Å². The summed E-state index contributed by atoms with van der Waals surface area (Å²) in [6.45, 7) is 8.15. The third kappa shape index (κ3) is 5.78. The first-order chi connectivity index (χ1) is 16.9. The molecule has 184 valence electrons. The molecule has 1 aromatic heterocycles. The van der Waals surface area contributed by atoms with Crippen molar-refractivity contribution in [2.24, 2.45) is 0 Å². The van der Waals surface area contributed by atoms with Gasteiger partial charge in [-0.3, -0.25) is 9.80 Å². The van der Waals surface area contributed by atoms with Crippen LogP contribution in [0.5, 0.6) is 5.75 Å². The van der Waals surface area contributed by atoms with Gasteiger partial charge in [0, 0.05) is 36.1 Å². The van der Waals surface area contributed by atoms with Crippen LogP contribution in [0.25, 0.3) is 0 Å². The first-order valence-corrected chi connectivity index (χ1v) is 12.2. The van der Waals surface area contributed by atoms with Crippen LogP contribution in [0.1, 0.15) is 19.4 Å². The van der Waals surface area contributed by atoms with Crippen molar-refractivity contribution in [2.75, 3.05) is 48.4 Å².